The van der Waals surface area contributed by atoms with Crippen LogP contribution >= 0.6 is 0 Å². The zero-order valence-corrected chi connectivity index (χ0v) is 17.8. The van der Waals surface area contributed by atoms with Gasteiger partial charge in [0.05, 0.1) is 11.8 Å². The molecule has 1 aliphatic carbocycles. The highest BCUT2D eigenvalue weighted by Gasteiger charge is 2.34. The predicted octanol–water partition coefficient (Wildman–Crippen LogP) is 3.93. The number of aryl methyl sites for hydroxylation is 1. The van der Waals surface area contributed by atoms with Crippen LogP contribution in [0.5, 0.6) is 0 Å². The van der Waals surface area contributed by atoms with Gasteiger partial charge in [0, 0.05) is 43.2 Å². The number of anilines is 3. The topological polar surface area (TPSA) is 72.9 Å². The van der Waals surface area contributed by atoms with Gasteiger partial charge in [-0.3, -0.25) is 9.59 Å². The minimum Gasteiger partial charge on any atom is -0.481 e. The van der Waals surface area contributed by atoms with Gasteiger partial charge in [-0.2, -0.15) is 0 Å². The largest absolute Gasteiger partial charge is 0.481 e. The highest BCUT2D eigenvalue weighted by Crippen LogP contribution is 2.28. The third-order valence-corrected chi connectivity index (χ3v) is 6.32. The molecule has 0 aromatic heterocycles. The van der Waals surface area contributed by atoms with Crippen molar-refractivity contribution < 1.29 is 14.7 Å². The Balaban J connectivity index is 1.34. The van der Waals surface area contributed by atoms with Gasteiger partial charge in [0.1, 0.15) is 0 Å². The molecule has 2 atom stereocenters. The van der Waals surface area contributed by atoms with E-state index in [9.17, 15) is 14.7 Å². The lowest BCUT2D eigenvalue weighted by atomic mass is 9.82. The Morgan fingerprint density at radius 3 is 2.13 bits per heavy atom. The first-order valence-electron chi connectivity index (χ1n) is 10.9. The summed E-state index contributed by atoms with van der Waals surface area (Å²) in [5.74, 6) is -2.33. The summed E-state index contributed by atoms with van der Waals surface area (Å²) in [4.78, 5) is 28.9. The minimum atomic E-state index is -0.912. The van der Waals surface area contributed by atoms with Gasteiger partial charge in [0.25, 0.3) is 0 Å². The normalized spacial score (nSPS) is 21.1. The molecule has 2 aromatic carbocycles. The van der Waals surface area contributed by atoms with Crippen molar-refractivity contribution in [2.75, 3.05) is 41.3 Å². The van der Waals surface area contributed by atoms with Crippen molar-refractivity contribution in [3.8, 4) is 0 Å². The molecule has 1 heterocycles. The van der Waals surface area contributed by atoms with Crippen molar-refractivity contribution >= 4 is 28.9 Å². The number of nitrogens with one attached hydrogen (secondary N) is 1. The molecule has 0 spiro atoms. The maximum absolute atomic E-state index is 12.6. The third kappa shape index (κ3) is 4.74. The van der Waals surface area contributed by atoms with Crippen LogP contribution in [0.25, 0.3) is 0 Å². The molecule has 0 saturated carbocycles. The predicted molar refractivity (Wildman–Crippen MR) is 124 cm³/mol. The van der Waals surface area contributed by atoms with Crippen molar-refractivity contribution in [1.29, 1.82) is 0 Å². The summed E-state index contributed by atoms with van der Waals surface area (Å²) in [6.45, 7) is 5.96. The number of rotatable bonds is 5. The van der Waals surface area contributed by atoms with Gasteiger partial charge in [0.2, 0.25) is 5.91 Å². The van der Waals surface area contributed by atoms with E-state index in [1.54, 1.807) is 0 Å². The number of hydrogen-bond donors (Lipinski definition) is 2. The smallest absolute Gasteiger partial charge is 0.307 e. The first-order chi connectivity index (χ1) is 15.0. The van der Waals surface area contributed by atoms with Gasteiger partial charge in [0.15, 0.2) is 0 Å². The summed E-state index contributed by atoms with van der Waals surface area (Å²) in [5, 5.41) is 12.3. The molecule has 0 bridgehead atoms. The zero-order chi connectivity index (χ0) is 21.8. The monoisotopic (exact) mass is 419 g/mol. The second-order valence-electron chi connectivity index (χ2n) is 8.29. The fourth-order valence-corrected chi connectivity index (χ4v) is 4.49. The van der Waals surface area contributed by atoms with Crippen LogP contribution in [0.1, 0.15) is 18.4 Å². The van der Waals surface area contributed by atoms with Crippen LogP contribution in [0.2, 0.25) is 0 Å². The maximum Gasteiger partial charge on any atom is 0.307 e. The number of carbonyl (C=O) groups excluding carboxylic acids is 1. The van der Waals surface area contributed by atoms with E-state index in [1.165, 1.54) is 11.3 Å². The molecule has 2 aliphatic rings. The van der Waals surface area contributed by atoms with E-state index in [2.05, 4.69) is 46.3 Å². The first-order valence-corrected chi connectivity index (χ1v) is 10.9. The number of carboxylic acids is 1. The summed E-state index contributed by atoms with van der Waals surface area (Å²) < 4.78 is 0. The van der Waals surface area contributed by atoms with E-state index in [0.29, 0.717) is 18.5 Å². The number of benzene rings is 2. The molecule has 1 fully saturated rings. The number of piperazine rings is 1. The maximum atomic E-state index is 12.6. The van der Waals surface area contributed by atoms with Crippen LogP contribution < -0.4 is 15.1 Å². The molecular weight excluding hydrogens is 390 g/mol. The van der Waals surface area contributed by atoms with Gasteiger partial charge < -0.3 is 20.2 Å². The van der Waals surface area contributed by atoms with E-state index >= 15 is 0 Å². The molecule has 4 rings (SSSR count). The average Bonchev–Trinajstić information content (AvgIpc) is 2.80. The number of carboxylic acid groups (broad SMARTS) is 1. The van der Waals surface area contributed by atoms with Gasteiger partial charge in [-0.25, -0.2) is 0 Å². The van der Waals surface area contributed by atoms with Crippen molar-refractivity contribution in [1.82, 2.24) is 0 Å². The van der Waals surface area contributed by atoms with Gasteiger partial charge >= 0.3 is 5.97 Å². The fourth-order valence-electron chi connectivity index (χ4n) is 4.49. The Hall–Kier alpha value is -3.28. The minimum absolute atomic E-state index is 0.226. The van der Waals surface area contributed by atoms with Crippen molar-refractivity contribution in [2.45, 2.75) is 19.8 Å². The number of aliphatic carboxylic acids is 1. The first kappa shape index (κ1) is 21.0. The van der Waals surface area contributed by atoms with Crippen molar-refractivity contribution in [2.24, 2.45) is 11.8 Å². The van der Waals surface area contributed by atoms with Gasteiger partial charge in [-0.05, 0) is 55.7 Å². The Morgan fingerprint density at radius 2 is 1.48 bits per heavy atom. The molecule has 31 heavy (non-hydrogen) atoms. The van der Waals surface area contributed by atoms with Crippen molar-refractivity contribution in [3.63, 3.8) is 0 Å². The Kier molecular flexibility index (Phi) is 6.26. The second kappa shape index (κ2) is 9.25. The molecule has 2 aromatic rings. The number of hydrogen-bond acceptors (Lipinski definition) is 4. The Labute approximate surface area is 183 Å². The van der Waals surface area contributed by atoms with Gasteiger partial charge in [-0.15, -0.1) is 0 Å². The number of amides is 1. The number of para-hydroxylation sites is 1. The Bertz CT molecular complexity index is 962. The molecule has 2 N–H and O–H groups in total. The lowest BCUT2D eigenvalue weighted by Gasteiger charge is -2.38. The van der Waals surface area contributed by atoms with Gasteiger partial charge in [-0.1, -0.05) is 30.4 Å². The molecule has 6 heteroatoms. The summed E-state index contributed by atoms with van der Waals surface area (Å²) in [6, 6.07) is 16.3. The molecule has 0 radical (unpaired) electrons. The third-order valence-electron chi connectivity index (χ3n) is 6.32. The second-order valence-corrected chi connectivity index (χ2v) is 8.29. The molecular formula is C25H29N3O3. The number of allylic oxidation sites excluding steroid dienone is 2. The van der Waals surface area contributed by atoms with Crippen LogP contribution in [0.3, 0.4) is 0 Å². The van der Waals surface area contributed by atoms with E-state index in [-0.39, 0.29) is 5.91 Å². The quantitative estimate of drug-likeness (QED) is 0.719. The van der Waals surface area contributed by atoms with Crippen LogP contribution in [-0.2, 0) is 9.59 Å². The standard InChI is InChI=1S/C25H29N3O3/c1-18-6-2-5-9-23(18)28-16-14-27(15-17-28)20-12-10-19(11-13-20)26-24(29)21-7-3-4-8-22(21)25(30)31/h2-6,9-13,21-22H,7-8,14-17H2,1H3,(H,26,29)(H,30,31)/t21-,22+/m0/s1. The molecule has 0 unspecified atom stereocenters. The lowest BCUT2D eigenvalue weighted by Crippen LogP contribution is -2.46. The number of nitrogens with zero attached hydrogens (tertiary/aromatic N) is 2. The van der Waals surface area contributed by atoms with Crippen LogP contribution in [0.4, 0.5) is 17.1 Å². The average molecular weight is 420 g/mol. The van der Waals surface area contributed by atoms with Crippen LogP contribution in [-0.4, -0.2) is 43.2 Å². The highest BCUT2D eigenvalue weighted by molar-refractivity contribution is 5.95. The van der Waals surface area contributed by atoms with Crippen LogP contribution in [0.15, 0.2) is 60.7 Å². The summed E-state index contributed by atoms with van der Waals surface area (Å²) in [6.07, 6.45) is 4.60. The lowest BCUT2D eigenvalue weighted by molar-refractivity contribution is -0.146. The SMILES string of the molecule is Cc1ccccc1N1CCN(c2ccc(NC(=O)[C@H]3CC=CC[C@H]3C(=O)O)cc2)CC1. The summed E-state index contributed by atoms with van der Waals surface area (Å²) in [5.41, 5.74) is 4.43. The summed E-state index contributed by atoms with van der Waals surface area (Å²) >= 11 is 0. The van der Waals surface area contributed by atoms with E-state index in [4.69, 9.17) is 0 Å². The fraction of sp³-hybridized carbons (Fsp3) is 0.360. The molecule has 162 valence electrons. The van der Waals surface area contributed by atoms with Crippen LogP contribution in [0, 0.1) is 18.8 Å². The van der Waals surface area contributed by atoms with Crippen molar-refractivity contribution in [3.05, 3.63) is 66.2 Å². The molecule has 1 aliphatic heterocycles. The highest BCUT2D eigenvalue weighted by atomic mass is 16.4. The van der Waals surface area contributed by atoms with E-state index in [1.807, 2.05) is 36.4 Å². The Morgan fingerprint density at radius 1 is 0.871 bits per heavy atom. The zero-order valence-electron chi connectivity index (χ0n) is 17.8. The van der Waals surface area contributed by atoms with E-state index in [0.717, 1.165) is 31.9 Å². The molecule has 1 amide bonds. The number of carbonyl (C=O) groups is 2. The summed E-state index contributed by atoms with van der Waals surface area (Å²) in [7, 11) is 0. The molecule has 1 saturated heterocycles. The van der Waals surface area contributed by atoms with E-state index < -0.39 is 17.8 Å². The molecule has 6 nitrogen and oxygen atoms in total.